The number of hydrogen-bond donors (Lipinski definition) is 1. The second kappa shape index (κ2) is 4.74. The van der Waals surface area contributed by atoms with Crippen LogP contribution in [0.1, 0.15) is 24.9 Å². The summed E-state index contributed by atoms with van der Waals surface area (Å²) in [7, 11) is 0. The molecule has 0 spiro atoms. The van der Waals surface area contributed by atoms with Gasteiger partial charge in [-0.2, -0.15) is 0 Å². The van der Waals surface area contributed by atoms with Crippen LogP contribution in [0.4, 0.5) is 4.39 Å². The van der Waals surface area contributed by atoms with E-state index in [0.29, 0.717) is 17.4 Å². The second-order valence-corrected chi connectivity index (χ2v) is 5.01. The Morgan fingerprint density at radius 2 is 2.29 bits per heavy atom. The lowest BCUT2D eigenvalue weighted by Gasteiger charge is -2.26. The minimum absolute atomic E-state index is 0.0567. The van der Waals surface area contributed by atoms with Crippen molar-refractivity contribution in [1.82, 2.24) is 4.90 Å². The van der Waals surface area contributed by atoms with Crippen molar-refractivity contribution >= 4 is 21.8 Å². The topological polar surface area (TPSA) is 46.3 Å². The van der Waals surface area contributed by atoms with Gasteiger partial charge in [-0.25, -0.2) is 4.39 Å². The van der Waals surface area contributed by atoms with E-state index in [-0.39, 0.29) is 23.8 Å². The van der Waals surface area contributed by atoms with E-state index in [2.05, 4.69) is 15.9 Å². The summed E-state index contributed by atoms with van der Waals surface area (Å²) in [6, 6.07) is 4.08. The maximum Gasteiger partial charge on any atom is 0.224 e. The minimum atomic E-state index is -0.304. The number of hydrogen-bond acceptors (Lipinski definition) is 2. The van der Waals surface area contributed by atoms with E-state index < -0.39 is 0 Å². The summed E-state index contributed by atoms with van der Waals surface area (Å²) in [4.78, 5) is 13.5. The normalized spacial score (nSPS) is 24.5. The van der Waals surface area contributed by atoms with Crippen molar-refractivity contribution < 1.29 is 9.18 Å². The molecule has 2 atom stereocenters. The Kier molecular flexibility index (Phi) is 3.49. The lowest BCUT2D eigenvalue weighted by molar-refractivity contribution is -0.128. The second-order valence-electron chi connectivity index (χ2n) is 4.16. The van der Waals surface area contributed by atoms with Crippen molar-refractivity contribution in [2.75, 3.05) is 6.54 Å². The van der Waals surface area contributed by atoms with Crippen LogP contribution in [0.3, 0.4) is 0 Å². The minimum Gasteiger partial charge on any atom is -0.334 e. The fourth-order valence-corrected chi connectivity index (χ4v) is 2.92. The van der Waals surface area contributed by atoms with Gasteiger partial charge < -0.3 is 10.6 Å². The Morgan fingerprint density at radius 3 is 2.88 bits per heavy atom. The van der Waals surface area contributed by atoms with Gasteiger partial charge in [0.05, 0.1) is 6.04 Å². The Bertz CT molecular complexity index is 452. The predicted molar refractivity (Wildman–Crippen MR) is 66.8 cm³/mol. The van der Waals surface area contributed by atoms with Crippen LogP contribution < -0.4 is 5.73 Å². The van der Waals surface area contributed by atoms with Crippen molar-refractivity contribution in [3.05, 3.63) is 34.1 Å². The highest BCUT2D eigenvalue weighted by molar-refractivity contribution is 9.10. The summed E-state index contributed by atoms with van der Waals surface area (Å²) in [6.07, 6.45) is 0.350. The first kappa shape index (κ1) is 12.5. The van der Waals surface area contributed by atoms with E-state index in [1.54, 1.807) is 11.0 Å². The molecular formula is C12H14BrFN2O. The van der Waals surface area contributed by atoms with Gasteiger partial charge in [-0.1, -0.05) is 22.0 Å². The summed E-state index contributed by atoms with van der Waals surface area (Å²) < 4.78 is 13.7. The van der Waals surface area contributed by atoms with E-state index >= 15 is 0 Å². The molecule has 1 aliphatic rings. The summed E-state index contributed by atoms with van der Waals surface area (Å²) >= 11 is 3.33. The molecule has 1 aliphatic heterocycles. The standard InChI is InChI=1S/C12H14BrFN2O/c1-2-16-11(17)6-10(15)12(16)8-4-3-7(14)5-9(8)13/h3-5,10,12H,2,6,15H2,1H3. The maximum atomic E-state index is 13.0. The van der Waals surface area contributed by atoms with Crippen molar-refractivity contribution in [3.8, 4) is 0 Å². The predicted octanol–water partition coefficient (Wildman–Crippen LogP) is 2.21. The maximum absolute atomic E-state index is 13.0. The fourth-order valence-electron chi connectivity index (χ4n) is 2.33. The lowest BCUT2D eigenvalue weighted by atomic mass is 10.0. The van der Waals surface area contributed by atoms with Gasteiger partial charge in [0.25, 0.3) is 0 Å². The van der Waals surface area contributed by atoms with Gasteiger partial charge in [-0.05, 0) is 24.6 Å². The van der Waals surface area contributed by atoms with Crippen molar-refractivity contribution in [3.63, 3.8) is 0 Å². The Hall–Kier alpha value is -0.940. The van der Waals surface area contributed by atoms with Crippen LogP contribution in [0.15, 0.2) is 22.7 Å². The first-order valence-corrected chi connectivity index (χ1v) is 6.34. The monoisotopic (exact) mass is 300 g/mol. The van der Waals surface area contributed by atoms with Crippen molar-refractivity contribution in [2.45, 2.75) is 25.4 Å². The molecule has 3 nitrogen and oxygen atoms in total. The molecule has 0 aliphatic carbocycles. The number of likely N-dealkylation sites (tertiary alicyclic amines) is 1. The molecule has 1 amide bonds. The van der Waals surface area contributed by atoms with Gasteiger partial charge in [0.1, 0.15) is 5.82 Å². The molecule has 92 valence electrons. The van der Waals surface area contributed by atoms with Crippen LogP contribution in [-0.4, -0.2) is 23.4 Å². The average molecular weight is 301 g/mol. The molecule has 0 saturated carbocycles. The highest BCUT2D eigenvalue weighted by Gasteiger charge is 2.38. The molecule has 0 radical (unpaired) electrons. The summed E-state index contributed by atoms with van der Waals surface area (Å²) in [5.41, 5.74) is 6.86. The number of nitrogens with two attached hydrogens (primary N) is 1. The zero-order chi connectivity index (χ0) is 12.6. The number of halogens is 2. The van der Waals surface area contributed by atoms with Crippen LogP contribution in [0.25, 0.3) is 0 Å². The zero-order valence-electron chi connectivity index (χ0n) is 9.49. The molecule has 1 fully saturated rings. The molecule has 1 aromatic rings. The zero-order valence-corrected chi connectivity index (χ0v) is 11.1. The molecule has 2 N–H and O–H groups in total. The van der Waals surface area contributed by atoms with Crippen molar-refractivity contribution in [2.24, 2.45) is 5.73 Å². The number of carbonyl (C=O) groups is 1. The molecule has 2 unspecified atom stereocenters. The molecule has 5 heteroatoms. The van der Waals surface area contributed by atoms with Crippen LogP contribution >= 0.6 is 15.9 Å². The van der Waals surface area contributed by atoms with Gasteiger partial charge in [0.15, 0.2) is 0 Å². The van der Waals surface area contributed by atoms with E-state index in [0.717, 1.165) is 5.56 Å². The van der Waals surface area contributed by atoms with Gasteiger partial charge >= 0.3 is 0 Å². The van der Waals surface area contributed by atoms with E-state index in [1.807, 2.05) is 6.92 Å². The molecule has 0 bridgehead atoms. The number of carbonyl (C=O) groups excluding carboxylic acids is 1. The summed E-state index contributed by atoms with van der Waals surface area (Å²) in [6.45, 7) is 2.53. The number of amides is 1. The van der Waals surface area contributed by atoms with Gasteiger partial charge in [-0.15, -0.1) is 0 Å². The third-order valence-corrected chi connectivity index (χ3v) is 3.78. The number of benzene rings is 1. The Labute approximate surface area is 108 Å². The third-order valence-electron chi connectivity index (χ3n) is 3.09. The molecular weight excluding hydrogens is 287 g/mol. The average Bonchev–Trinajstić information content (AvgIpc) is 2.53. The molecule has 1 heterocycles. The van der Waals surface area contributed by atoms with Crippen LogP contribution in [-0.2, 0) is 4.79 Å². The lowest BCUT2D eigenvalue weighted by Crippen LogP contribution is -2.33. The van der Waals surface area contributed by atoms with E-state index in [4.69, 9.17) is 5.73 Å². The molecule has 0 aromatic heterocycles. The molecule has 17 heavy (non-hydrogen) atoms. The third kappa shape index (κ3) is 2.21. The smallest absolute Gasteiger partial charge is 0.224 e. The van der Waals surface area contributed by atoms with Crippen LogP contribution in [0.5, 0.6) is 0 Å². The Morgan fingerprint density at radius 1 is 1.59 bits per heavy atom. The number of nitrogens with zero attached hydrogens (tertiary/aromatic N) is 1. The van der Waals surface area contributed by atoms with Crippen molar-refractivity contribution in [1.29, 1.82) is 0 Å². The summed E-state index contributed by atoms with van der Waals surface area (Å²) in [5.74, 6) is -0.247. The molecule has 2 rings (SSSR count). The largest absolute Gasteiger partial charge is 0.334 e. The summed E-state index contributed by atoms with van der Waals surface area (Å²) in [5, 5.41) is 0. The number of rotatable bonds is 2. The van der Waals surface area contributed by atoms with Crippen LogP contribution in [0.2, 0.25) is 0 Å². The van der Waals surface area contributed by atoms with Crippen LogP contribution in [0, 0.1) is 5.82 Å². The molecule has 1 saturated heterocycles. The quantitative estimate of drug-likeness (QED) is 0.910. The fraction of sp³-hybridized carbons (Fsp3) is 0.417. The first-order chi connectivity index (χ1) is 8.04. The van der Waals surface area contributed by atoms with Gasteiger partial charge in [-0.3, -0.25) is 4.79 Å². The van der Waals surface area contributed by atoms with E-state index in [9.17, 15) is 9.18 Å². The SMILES string of the molecule is CCN1C(=O)CC(N)C1c1ccc(F)cc1Br. The van der Waals surface area contributed by atoms with E-state index in [1.165, 1.54) is 12.1 Å². The highest BCUT2D eigenvalue weighted by atomic mass is 79.9. The molecule has 1 aromatic carbocycles. The Balaban J connectivity index is 2.41. The first-order valence-electron chi connectivity index (χ1n) is 5.54. The number of likely N-dealkylation sites (N-methyl/N-ethyl adjacent to an activating group) is 1. The van der Waals surface area contributed by atoms with Gasteiger partial charge in [0, 0.05) is 23.5 Å². The highest BCUT2D eigenvalue weighted by Crippen LogP contribution is 2.35. The van der Waals surface area contributed by atoms with Gasteiger partial charge in [0.2, 0.25) is 5.91 Å².